The lowest BCUT2D eigenvalue weighted by atomic mass is 9.42. The molecule has 36 heavy (non-hydrogen) atoms. The molecule has 5 heteroatoms. The van der Waals surface area contributed by atoms with E-state index in [4.69, 9.17) is 4.74 Å². The molecule has 1 N–H and O–H groups in total. The summed E-state index contributed by atoms with van der Waals surface area (Å²) in [6.45, 7) is 2.76. The minimum absolute atomic E-state index is 0.0444. The molecule has 3 aromatic carbocycles. The van der Waals surface area contributed by atoms with E-state index in [0.29, 0.717) is 12.3 Å². The summed E-state index contributed by atoms with van der Waals surface area (Å²) in [6, 6.07) is 24.5. The number of hydrogen-bond acceptors (Lipinski definition) is 3. The maximum absolute atomic E-state index is 13.7. The molecule has 4 aliphatic rings. The van der Waals surface area contributed by atoms with Crippen molar-refractivity contribution >= 4 is 11.9 Å². The molecule has 2 bridgehead atoms. The predicted octanol–water partition coefficient (Wildman–Crippen LogP) is 4.95. The number of hydrogen-bond donors (Lipinski definition) is 1. The van der Waals surface area contributed by atoms with Gasteiger partial charge in [-0.25, -0.2) is 0 Å². The third-order valence-electron chi connectivity index (χ3n) is 9.19. The first-order valence-electron chi connectivity index (χ1n) is 12.7. The van der Waals surface area contributed by atoms with Crippen molar-refractivity contribution in [1.82, 2.24) is 4.90 Å². The van der Waals surface area contributed by atoms with Crippen LogP contribution < -0.4 is 4.74 Å². The highest BCUT2D eigenvalue weighted by Crippen LogP contribution is 2.68. The SMILES string of the molecule is COc1ccccc1CC(=O)N1C[C@H]2[C@]3(c4ccc(C)cc4)CC[C@@H](c4ccccc43)[C@@]2(C(=O)O)C1. The molecule has 1 aliphatic heterocycles. The van der Waals surface area contributed by atoms with E-state index in [0.717, 1.165) is 29.5 Å². The van der Waals surface area contributed by atoms with Crippen molar-refractivity contribution in [2.75, 3.05) is 20.2 Å². The van der Waals surface area contributed by atoms with Gasteiger partial charge in [0.1, 0.15) is 5.75 Å². The first-order valence-corrected chi connectivity index (χ1v) is 12.7. The zero-order valence-electron chi connectivity index (χ0n) is 20.7. The monoisotopic (exact) mass is 481 g/mol. The summed E-state index contributed by atoms with van der Waals surface area (Å²) in [5, 5.41) is 10.9. The van der Waals surface area contributed by atoms with Crippen molar-refractivity contribution in [1.29, 1.82) is 0 Å². The van der Waals surface area contributed by atoms with Gasteiger partial charge in [-0.1, -0.05) is 72.3 Å². The van der Waals surface area contributed by atoms with Crippen LogP contribution in [0.4, 0.5) is 0 Å². The summed E-state index contributed by atoms with van der Waals surface area (Å²) in [5.74, 6) is -0.445. The minimum atomic E-state index is -1.01. The number of nitrogens with zero attached hydrogens (tertiary/aromatic N) is 1. The summed E-state index contributed by atoms with van der Waals surface area (Å²) in [4.78, 5) is 28.7. The fourth-order valence-electron chi connectivity index (χ4n) is 7.62. The number of fused-ring (bicyclic) bond motifs is 1. The standard InChI is InChI=1S/C31H31NO4/c1-20-11-13-22(14-12-20)30-16-15-25(23-8-4-5-9-24(23)30)31(29(34)35)19-32(18-27(30)31)28(33)17-21-7-3-6-10-26(21)36-2/h3-14,25,27H,15-19H2,1-2H3,(H,34,35)/t25-,27-,30-,31-/m0/s1. The number of benzene rings is 3. The van der Waals surface area contributed by atoms with Gasteiger partial charge < -0.3 is 14.7 Å². The fourth-order valence-corrected chi connectivity index (χ4v) is 7.62. The van der Waals surface area contributed by atoms with Crippen LogP contribution in [-0.2, 0) is 21.4 Å². The number of likely N-dealkylation sites (tertiary alicyclic amines) is 1. The molecule has 7 rings (SSSR count). The van der Waals surface area contributed by atoms with Crippen LogP contribution in [0, 0.1) is 18.3 Å². The van der Waals surface area contributed by atoms with Gasteiger partial charge in [-0.3, -0.25) is 9.59 Å². The maximum Gasteiger partial charge on any atom is 0.312 e. The summed E-state index contributed by atoms with van der Waals surface area (Å²) >= 11 is 0. The Bertz CT molecular complexity index is 1350. The van der Waals surface area contributed by atoms with Gasteiger partial charge in [0.05, 0.1) is 18.9 Å². The van der Waals surface area contributed by atoms with Crippen molar-refractivity contribution in [3.05, 3.63) is 101 Å². The molecule has 184 valence electrons. The predicted molar refractivity (Wildman–Crippen MR) is 137 cm³/mol. The Morgan fingerprint density at radius 1 is 1.03 bits per heavy atom. The van der Waals surface area contributed by atoms with Crippen LogP contribution in [0.1, 0.15) is 46.6 Å². The van der Waals surface area contributed by atoms with Gasteiger partial charge in [0.2, 0.25) is 5.91 Å². The molecule has 1 saturated carbocycles. The topological polar surface area (TPSA) is 66.8 Å². The van der Waals surface area contributed by atoms with Crippen LogP contribution in [0.5, 0.6) is 5.75 Å². The second kappa shape index (κ2) is 8.22. The van der Waals surface area contributed by atoms with E-state index in [9.17, 15) is 14.7 Å². The van der Waals surface area contributed by atoms with Crippen molar-refractivity contribution in [3.63, 3.8) is 0 Å². The van der Waals surface area contributed by atoms with Crippen molar-refractivity contribution in [2.24, 2.45) is 11.3 Å². The number of carboxylic acid groups (broad SMARTS) is 1. The Kier molecular flexibility index (Phi) is 5.22. The fraction of sp³-hybridized carbons (Fsp3) is 0.355. The van der Waals surface area contributed by atoms with Gasteiger partial charge >= 0.3 is 5.97 Å². The lowest BCUT2D eigenvalue weighted by Gasteiger charge is -2.59. The molecule has 0 aromatic heterocycles. The Labute approximate surface area is 211 Å². The molecule has 1 amide bonds. The molecule has 1 heterocycles. The number of para-hydroxylation sites is 1. The summed E-state index contributed by atoms with van der Waals surface area (Å²) in [6.07, 6.45) is 1.90. The summed E-state index contributed by atoms with van der Waals surface area (Å²) < 4.78 is 5.47. The molecule has 1 saturated heterocycles. The molecule has 2 fully saturated rings. The Balaban J connectivity index is 1.47. The molecule has 0 spiro atoms. The number of amides is 1. The largest absolute Gasteiger partial charge is 0.496 e. The van der Waals surface area contributed by atoms with Gasteiger partial charge in [-0.2, -0.15) is 0 Å². The van der Waals surface area contributed by atoms with Gasteiger partial charge in [-0.05, 0) is 42.5 Å². The molecular weight excluding hydrogens is 450 g/mol. The van der Waals surface area contributed by atoms with E-state index in [2.05, 4.69) is 49.4 Å². The quantitative estimate of drug-likeness (QED) is 0.560. The lowest BCUT2D eigenvalue weighted by Crippen LogP contribution is -2.60. The van der Waals surface area contributed by atoms with E-state index in [-0.39, 0.29) is 30.7 Å². The molecule has 3 aromatic rings. The molecule has 5 nitrogen and oxygen atoms in total. The highest BCUT2D eigenvalue weighted by molar-refractivity contribution is 5.85. The van der Waals surface area contributed by atoms with Crippen molar-refractivity contribution in [2.45, 2.75) is 37.5 Å². The minimum Gasteiger partial charge on any atom is -0.496 e. The number of aliphatic carboxylic acids is 1. The first kappa shape index (κ1) is 22.8. The number of carbonyl (C=O) groups is 2. The average Bonchev–Trinajstić information content (AvgIpc) is 3.34. The van der Waals surface area contributed by atoms with Gasteiger partial charge in [-0.15, -0.1) is 0 Å². The van der Waals surface area contributed by atoms with E-state index in [1.165, 1.54) is 11.1 Å². The number of carboxylic acids is 1. The Morgan fingerprint density at radius 2 is 1.75 bits per heavy atom. The maximum atomic E-state index is 13.7. The molecule has 0 radical (unpaired) electrons. The number of aryl methyl sites for hydroxylation is 1. The average molecular weight is 482 g/mol. The van der Waals surface area contributed by atoms with Crippen molar-refractivity contribution < 1.29 is 19.4 Å². The second-order valence-electron chi connectivity index (χ2n) is 10.7. The highest BCUT2D eigenvalue weighted by Gasteiger charge is 2.70. The van der Waals surface area contributed by atoms with E-state index in [1.807, 2.05) is 35.2 Å². The Hall–Kier alpha value is -3.60. The molecule has 0 unspecified atom stereocenters. The zero-order chi connectivity index (χ0) is 25.1. The van der Waals surface area contributed by atoms with E-state index >= 15 is 0 Å². The normalized spacial score (nSPS) is 27.9. The molecular formula is C31H31NO4. The third-order valence-corrected chi connectivity index (χ3v) is 9.19. The second-order valence-corrected chi connectivity index (χ2v) is 10.7. The number of rotatable bonds is 5. The summed E-state index contributed by atoms with van der Waals surface area (Å²) in [7, 11) is 1.60. The van der Waals surface area contributed by atoms with Gasteiger partial charge in [0.25, 0.3) is 0 Å². The van der Waals surface area contributed by atoms with E-state index in [1.54, 1.807) is 7.11 Å². The van der Waals surface area contributed by atoms with Gasteiger partial charge in [0, 0.05) is 35.9 Å². The number of carbonyl (C=O) groups excluding carboxylic acids is 1. The van der Waals surface area contributed by atoms with Crippen LogP contribution >= 0.6 is 0 Å². The lowest BCUT2D eigenvalue weighted by molar-refractivity contribution is -0.157. The summed E-state index contributed by atoms with van der Waals surface area (Å²) in [5.41, 5.74) is 4.10. The van der Waals surface area contributed by atoms with Gasteiger partial charge in [0.15, 0.2) is 0 Å². The van der Waals surface area contributed by atoms with Crippen molar-refractivity contribution in [3.8, 4) is 5.75 Å². The first-order chi connectivity index (χ1) is 17.4. The Morgan fingerprint density at radius 3 is 2.50 bits per heavy atom. The highest BCUT2D eigenvalue weighted by atomic mass is 16.5. The van der Waals surface area contributed by atoms with Crippen LogP contribution in [0.15, 0.2) is 72.8 Å². The molecule has 4 atom stereocenters. The zero-order valence-corrected chi connectivity index (χ0v) is 20.7. The van der Waals surface area contributed by atoms with Crippen LogP contribution in [-0.4, -0.2) is 42.1 Å². The van der Waals surface area contributed by atoms with Crippen LogP contribution in [0.25, 0.3) is 0 Å². The number of ether oxygens (including phenoxy) is 1. The van der Waals surface area contributed by atoms with E-state index < -0.39 is 16.8 Å². The number of methoxy groups -OCH3 is 1. The smallest absolute Gasteiger partial charge is 0.312 e. The van der Waals surface area contributed by atoms with Crippen LogP contribution in [0.2, 0.25) is 0 Å². The third kappa shape index (κ3) is 3.01. The molecule has 3 aliphatic carbocycles. The van der Waals surface area contributed by atoms with Crippen LogP contribution in [0.3, 0.4) is 0 Å².